The van der Waals surface area contributed by atoms with Crippen molar-refractivity contribution in [3.8, 4) is 34.4 Å². The first-order valence-electron chi connectivity index (χ1n) is 8.19. The van der Waals surface area contributed by atoms with Crippen molar-refractivity contribution >= 4 is 16.9 Å². The van der Waals surface area contributed by atoms with Gasteiger partial charge in [-0.3, -0.25) is 10.1 Å². The van der Waals surface area contributed by atoms with Gasteiger partial charge in [-0.1, -0.05) is 0 Å². The molecule has 2 heterocycles. The van der Waals surface area contributed by atoms with Crippen LogP contribution in [0.25, 0.3) is 22.6 Å². The Morgan fingerprint density at radius 1 is 1.07 bits per heavy atom. The van der Waals surface area contributed by atoms with Gasteiger partial charge in [0.1, 0.15) is 28.8 Å². The van der Waals surface area contributed by atoms with Gasteiger partial charge in [-0.2, -0.15) is 0 Å². The van der Waals surface area contributed by atoms with E-state index in [1.807, 2.05) is 0 Å². The number of nitro groups is 1. The summed E-state index contributed by atoms with van der Waals surface area (Å²) >= 11 is 0. The molecule has 0 saturated heterocycles. The first kappa shape index (κ1) is 17.3. The topological polar surface area (TPSA) is 123 Å². The molecule has 0 aliphatic carbocycles. The fourth-order valence-corrected chi connectivity index (χ4v) is 2.67. The SMILES string of the molecule is COc1ccc(-c2nc3ncc(Oc4ccc([N+](=O)[O-])cc4)cc3[nH]2)c(O)c1. The lowest BCUT2D eigenvalue weighted by Crippen LogP contribution is -1.89. The highest BCUT2D eigenvalue weighted by atomic mass is 16.6. The summed E-state index contributed by atoms with van der Waals surface area (Å²) in [5.41, 5.74) is 1.57. The number of H-pyrrole nitrogens is 1. The van der Waals surface area contributed by atoms with Crippen molar-refractivity contribution in [3.63, 3.8) is 0 Å². The normalized spacial score (nSPS) is 10.8. The number of nitrogens with one attached hydrogen (secondary N) is 1. The second-order valence-corrected chi connectivity index (χ2v) is 5.86. The zero-order chi connectivity index (χ0) is 19.7. The van der Waals surface area contributed by atoms with Crippen molar-refractivity contribution in [3.05, 3.63) is 64.8 Å². The summed E-state index contributed by atoms with van der Waals surface area (Å²) in [7, 11) is 1.52. The number of hydrogen-bond acceptors (Lipinski definition) is 7. The number of fused-ring (bicyclic) bond motifs is 1. The summed E-state index contributed by atoms with van der Waals surface area (Å²) in [6, 6.07) is 12.4. The number of nitrogens with zero attached hydrogens (tertiary/aromatic N) is 3. The Hall–Kier alpha value is -4.14. The van der Waals surface area contributed by atoms with Crippen LogP contribution < -0.4 is 9.47 Å². The van der Waals surface area contributed by atoms with E-state index >= 15 is 0 Å². The minimum Gasteiger partial charge on any atom is -0.507 e. The van der Waals surface area contributed by atoms with Gasteiger partial charge in [0.25, 0.3) is 5.69 Å². The molecule has 140 valence electrons. The predicted octanol–water partition coefficient (Wildman–Crippen LogP) is 4.04. The number of hydrogen-bond donors (Lipinski definition) is 2. The molecule has 0 unspecified atom stereocenters. The molecule has 2 aromatic heterocycles. The van der Waals surface area contributed by atoms with Crippen molar-refractivity contribution < 1.29 is 19.5 Å². The molecule has 0 radical (unpaired) electrons. The fraction of sp³-hybridized carbons (Fsp3) is 0.0526. The molecule has 9 nitrogen and oxygen atoms in total. The van der Waals surface area contributed by atoms with Gasteiger partial charge in [-0.05, 0) is 24.3 Å². The van der Waals surface area contributed by atoms with E-state index < -0.39 is 4.92 Å². The van der Waals surface area contributed by atoms with E-state index in [1.54, 1.807) is 18.2 Å². The summed E-state index contributed by atoms with van der Waals surface area (Å²) in [5.74, 6) is 1.90. The molecule has 2 N–H and O–H groups in total. The minimum absolute atomic E-state index is 0.0153. The predicted molar refractivity (Wildman–Crippen MR) is 101 cm³/mol. The highest BCUT2D eigenvalue weighted by molar-refractivity contribution is 5.78. The van der Waals surface area contributed by atoms with Crippen molar-refractivity contribution in [2.24, 2.45) is 0 Å². The molecule has 28 heavy (non-hydrogen) atoms. The number of aromatic nitrogens is 3. The van der Waals surface area contributed by atoms with Gasteiger partial charge in [0.2, 0.25) is 0 Å². The van der Waals surface area contributed by atoms with Crippen LogP contribution in [-0.4, -0.2) is 32.1 Å². The molecule has 0 aliphatic heterocycles. The van der Waals surface area contributed by atoms with E-state index in [2.05, 4.69) is 15.0 Å². The van der Waals surface area contributed by atoms with E-state index in [0.29, 0.717) is 39.8 Å². The van der Waals surface area contributed by atoms with Gasteiger partial charge >= 0.3 is 0 Å². The highest BCUT2D eigenvalue weighted by Gasteiger charge is 2.12. The Morgan fingerprint density at radius 2 is 1.82 bits per heavy atom. The van der Waals surface area contributed by atoms with E-state index in [-0.39, 0.29) is 11.4 Å². The van der Waals surface area contributed by atoms with Gasteiger partial charge in [0, 0.05) is 24.3 Å². The molecule has 2 aromatic carbocycles. The Bertz CT molecular complexity index is 1170. The lowest BCUT2D eigenvalue weighted by molar-refractivity contribution is -0.384. The molecule has 0 spiro atoms. The second kappa shape index (κ2) is 6.88. The van der Waals surface area contributed by atoms with E-state index in [4.69, 9.17) is 9.47 Å². The smallest absolute Gasteiger partial charge is 0.269 e. The molecular formula is C19H14N4O5. The molecule has 0 bridgehead atoms. The average Bonchev–Trinajstić information content (AvgIpc) is 3.11. The third kappa shape index (κ3) is 3.28. The first-order valence-corrected chi connectivity index (χ1v) is 8.19. The van der Waals surface area contributed by atoms with Crippen LogP contribution in [0.4, 0.5) is 5.69 Å². The zero-order valence-electron chi connectivity index (χ0n) is 14.6. The average molecular weight is 378 g/mol. The maximum Gasteiger partial charge on any atom is 0.269 e. The van der Waals surface area contributed by atoms with Crippen LogP contribution in [-0.2, 0) is 0 Å². The lowest BCUT2D eigenvalue weighted by Gasteiger charge is -2.04. The number of benzene rings is 2. The molecule has 4 rings (SSSR count). The number of imidazole rings is 1. The maximum absolute atomic E-state index is 10.7. The van der Waals surface area contributed by atoms with Crippen LogP contribution in [0.15, 0.2) is 54.7 Å². The molecule has 0 amide bonds. The lowest BCUT2D eigenvalue weighted by atomic mass is 10.2. The number of ether oxygens (including phenoxy) is 2. The second-order valence-electron chi connectivity index (χ2n) is 5.86. The molecule has 0 aliphatic rings. The summed E-state index contributed by atoms with van der Waals surface area (Å²) < 4.78 is 10.8. The minimum atomic E-state index is -0.474. The van der Waals surface area contributed by atoms with Crippen LogP contribution in [0.1, 0.15) is 0 Å². The largest absolute Gasteiger partial charge is 0.507 e. The van der Waals surface area contributed by atoms with Crippen molar-refractivity contribution in [2.45, 2.75) is 0 Å². The number of phenolic OH excluding ortho intramolecular Hbond substituents is 1. The van der Waals surface area contributed by atoms with Crippen molar-refractivity contribution in [1.29, 1.82) is 0 Å². The molecule has 0 atom stereocenters. The number of rotatable bonds is 5. The van der Waals surface area contributed by atoms with Crippen LogP contribution in [0.2, 0.25) is 0 Å². The number of aromatic hydroxyl groups is 1. The van der Waals surface area contributed by atoms with Crippen LogP contribution in [0.5, 0.6) is 23.0 Å². The first-order chi connectivity index (χ1) is 13.5. The molecule has 0 saturated carbocycles. The summed E-state index contributed by atoms with van der Waals surface area (Å²) in [6.45, 7) is 0. The van der Waals surface area contributed by atoms with Crippen molar-refractivity contribution in [1.82, 2.24) is 15.0 Å². The summed E-state index contributed by atoms with van der Waals surface area (Å²) in [6.07, 6.45) is 1.50. The monoisotopic (exact) mass is 378 g/mol. The Labute approximate surface area is 158 Å². The van der Waals surface area contributed by atoms with E-state index in [9.17, 15) is 15.2 Å². The number of non-ortho nitro benzene ring substituents is 1. The van der Waals surface area contributed by atoms with Gasteiger partial charge in [0.05, 0.1) is 29.3 Å². The summed E-state index contributed by atoms with van der Waals surface area (Å²) in [4.78, 5) is 22.0. The molecule has 0 fully saturated rings. The molecule has 9 heteroatoms. The third-order valence-corrected chi connectivity index (χ3v) is 4.06. The van der Waals surface area contributed by atoms with Gasteiger partial charge in [0.15, 0.2) is 5.65 Å². The quantitative estimate of drug-likeness (QED) is 0.397. The number of phenols is 1. The zero-order valence-corrected chi connectivity index (χ0v) is 14.6. The van der Waals surface area contributed by atoms with Crippen molar-refractivity contribution in [2.75, 3.05) is 7.11 Å². The third-order valence-electron chi connectivity index (χ3n) is 4.06. The van der Waals surface area contributed by atoms with Crippen LogP contribution in [0, 0.1) is 10.1 Å². The fourth-order valence-electron chi connectivity index (χ4n) is 2.67. The number of aromatic amines is 1. The van der Waals surface area contributed by atoms with Gasteiger partial charge in [-0.15, -0.1) is 0 Å². The number of methoxy groups -OCH3 is 1. The Balaban J connectivity index is 1.62. The number of pyridine rings is 1. The van der Waals surface area contributed by atoms with E-state index in [0.717, 1.165) is 0 Å². The van der Waals surface area contributed by atoms with Crippen LogP contribution >= 0.6 is 0 Å². The van der Waals surface area contributed by atoms with Gasteiger partial charge < -0.3 is 19.6 Å². The number of nitro benzene ring substituents is 1. The molecular weight excluding hydrogens is 364 g/mol. The summed E-state index contributed by atoms with van der Waals surface area (Å²) in [5, 5.41) is 20.9. The Kier molecular flexibility index (Phi) is 4.24. The standard InChI is InChI=1S/C19H14N4O5/c1-27-13-6-7-15(17(24)9-13)18-21-16-8-14(10-20-19(16)22-18)28-12-4-2-11(3-5-12)23(25)26/h2-10,24H,1H3,(H,20,21,22). The van der Waals surface area contributed by atoms with Crippen LogP contribution in [0.3, 0.4) is 0 Å². The Morgan fingerprint density at radius 3 is 2.50 bits per heavy atom. The van der Waals surface area contributed by atoms with Gasteiger partial charge in [-0.25, -0.2) is 9.97 Å². The van der Waals surface area contributed by atoms with E-state index in [1.165, 1.54) is 43.6 Å². The maximum atomic E-state index is 10.7. The highest BCUT2D eigenvalue weighted by Crippen LogP contribution is 2.32. The molecule has 4 aromatic rings.